The van der Waals surface area contributed by atoms with Gasteiger partial charge < -0.3 is 10.4 Å². The fraction of sp³-hybridized carbons (Fsp3) is 1.00. The number of hydrogen-bond acceptors (Lipinski definition) is 2. The average molecular weight is 138 g/mol. The largest absolute Gasteiger partial charge is 0.391 e. The Balaban J connectivity index is 0.000000490. The zero-order valence-corrected chi connectivity index (χ0v) is 5.74. The molecule has 0 saturated carbocycles. The molecule has 0 aromatic rings. The lowest BCUT2D eigenvalue weighted by molar-refractivity contribution is 0.156. The maximum atomic E-state index is 8.94. The average Bonchev–Trinajstić information content (AvgIpc) is 1.91. The molecule has 0 aliphatic carbocycles. The van der Waals surface area contributed by atoms with Gasteiger partial charge in [0.05, 0.1) is 6.10 Å². The lowest BCUT2D eigenvalue weighted by atomic mass is 10.1. The second-order valence-corrected chi connectivity index (χ2v) is 2.20. The summed E-state index contributed by atoms with van der Waals surface area (Å²) < 4.78 is 0. The van der Waals surface area contributed by atoms with Crippen molar-refractivity contribution in [3.05, 3.63) is 0 Å². The van der Waals surface area contributed by atoms with E-state index in [1.54, 1.807) is 0 Å². The van der Waals surface area contributed by atoms with Gasteiger partial charge in [0.25, 0.3) is 0 Å². The van der Waals surface area contributed by atoms with E-state index < -0.39 is 0 Å². The van der Waals surface area contributed by atoms with E-state index in [9.17, 15) is 0 Å². The molecule has 1 rings (SSSR count). The van der Waals surface area contributed by atoms with Crippen LogP contribution in [0.25, 0.3) is 0 Å². The number of hydrogen-bond donors (Lipinski definition) is 2. The Labute approximate surface area is 55.7 Å². The molecule has 0 aromatic carbocycles. The highest BCUT2D eigenvalue weighted by Gasteiger charge is 2.18. The second kappa shape index (κ2) is 3.28. The number of aliphatic hydroxyl groups excluding tert-OH is 1. The van der Waals surface area contributed by atoms with Gasteiger partial charge in [-0.25, -0.2) is 0 Å². The van der Waals surface area contributed by atoms with Gasteiger partial charge in [-0.1, -0.05) is 6.92 Å². The molecule has 0 radical (unpaired) electrons. The number of rotatable bonds is 0. The van der Waals surface area contributed by atoms with Crippen molar-refractivity contribution in [2.45, 2.75) is 13.0 Å². The maximum Gasteiger partial charge on any atom is 0.0702 e. The van der Waals surface area contributed by atoms with Gasteiger partial charge in [0, 0.05) is 13.1 Å². The number of β-amino-alcohol motifs (C(OH)–C–C–N with tert-alkyl or cyclic N) is 1. The van der Waals surface area contributed by atoms with E-state index in [1.165, 1.54) is 0 Å². The zero-order valence-electron chi connectivity index (χ0n) is 4.92. The normalized spacial score (nSPS) is 36.8. The molecule has 1 fully saturated rings. The van der Waals surface area contributed by atoms with Crippen LogP contribution in [0.3, 0.4) is 0 Å². The van der Waals surface area contributed by atoms with Crippen molar-refractivity contribution in [3.63, 3.8) is 0 Å². The van der Waals surface area contributed by atoms with Gasteiger partial charge in [-0.05, 0) is 5.92 Å². The van der Waals surface area contributed by atoms with Crippen LogP contribution < -0.4 is 5.32 Å². The second-order valence-electron chi connectivity index (χ2n) is 2.20. The van der Waals surface area contributed by atoms with Gasteiger partial charge in [-0.3, -0.25) is 0 Å². The van der Waals surface area contributed by atoms with Crippen LogP contribution in [0.4, 0.5) is 0 Å². The summed E-state index contributed by atoms with van der Waals surface area (Å²) in [6, 6.07) is 0. The van der Waals surface area contributed by atoms with Crippen molar-refractivity contribution in [2.24, 2.45) is 5.92 Å². The fourth-order valence-corrected chi connectivity index (χ4v) is 0.796. The predicted octanol–water partition coefficient (Wildman–Crippen LogP) is 0.00840. The van der Waals surface area contributed by atoms with E-state index in [0.29, 0.717) is 5.92 Å². The van der Waals surface area contributed by atoms with Crippen LogP contribution in [0.2, 0.25) is 0 Å². The van der Waals surface area contributed by atoms with Crippen LogP contribution in [0.15, 0.2) is 0 Å². The highest BCUT2D eigenvalue weighted by molar-refractivity contribution is 5.85. The first-order valence-electron chi connectivity index (χ1n) is 2.69. The molecule has 1 aliphatic rings. The lowest BCUT2D eigenvalue weighted by Crippen LogP contribution is -2.14. The zero-order chi connectivity index (χ0) is 5.28. The molecule has 3 heteroatoms. The number of aliphatic hydroxyl groups is 1. The molecule has 0 amide bonds. The first-order valence-corrected chi connectivity index (χ1v) is 2.69. The number of nitrogens with one attached hydrogen (secondary N) is 1. The highest BCUT2D eigenvalue weighted by Crippen LogP contribution is 2.05. The van der Waals surface area contributed by atoms with Crippen molar-refractivity contribution in [1.82, 2.24) is 5.32 Å². The van der Waals surface area contributed by atoms with Gasteiger partial charge in [0.1, 0.15) is 0 Å². The molecule has 1 heterocycles. The van der Waals surface area contributed by atoms with Crippen molar-refractivity contribution in [1.29, 1.82) is 0 Å². The molecule has 2 N–H and O–H groups in total. The minimum Gasteiger partial charge on any atom is -0.391 e. The molecular formula is C5H12ClNO. The van der Waals surface area contributed by atoms with E-state index in [-0.39, 0.29) is 18.5 Å². The summed E-state index contributed by atoms with van der Waals surface area (Å²) in [7, 11) is 0. The van der Waals surface area contributed by atoms with E-state index in [2.05, 4.69) is 5.32 Å². The Bertz CT molecular complexity index is 61.4. The van der Waals surface area contributed by atoms with E-state index in [1.807, 2.05) is 6.92 Å². The molecular weight excluding hydrogens is 126 g/mol. The minimum atomic E-state index is -0.0972. The van der Waals surface area contributed by atoms with Crippen molar-refractivity contribution in [3.8, 4) is 0 Å². The van der Waals surface area contributed by atoms with Crippen molar-refractivity contribution in [2.75, 3.05) is 13.1 Å². The molecule has 0 unspecified atom stereocenters. The Morgan fingerprint density at radius 2 is 2.12 bits per heavy atom. The maximum absolute atomic E-state index is 8.94. The molecule has 1 saturated heterocycles. The van der Waals surface area contributed by atoms with Crippen LogP contribution in [0.5, 0.6) is 0 Å². The van der Waals surface area contributed by atoms with Crippen LogP contribution in [0, 0.1) is 5.92 Å². The molecule has 8 heavy (non-hydrogen) atoms. The number of halogens is 1. The summed E-state index contributed by atoms with van der Waals surface area (Å²) in [5, 5.41) is 12.0. The van der Waals surface area contributed by atoms with Gasteiger partial charge in [-0.15, -0.1) is 12.4 Å². The van der Waals surface area contributed by atoms with Gasteiger partial charge in [0.2, 0.25) is 0 Å². The van der Waals surface area contributed by atoms with Crippen LogP contribution in [-0.2, 0) is 0 Å². The molecule has 2 atom stereocenters. The summed E-state index contributed by atoms with van der Waals surface area (Å²) >= 11 is 0. The third-order valence-electron chi connectivity index (χ3n) is 1.48. The summed E-state index contributed by atoms with van der Waals surface area (Å²) in [6.07, 6.45) is -0.0972. The van der Waals surface area contributed by atoms with Gasteiger partial charge >= 0.3 is 0 Å². The molecule has 0 spiro atoms. The Morgan fingerprint density at radius 3 is 2.25 bits per heavy atom. The lowest BCUT2D eigenvalue weighted by Gasteiger charge is -2.02. The van der Waals surface area contributed by atoms with Gasteiger partial charge in [-0.2, -0.15) is 0 Å². The standard InChI is InChI=1S/C5H11NO.ClH/c1-4-2-6-3-5(4)7;/h4-7H,2-3H2,1H3;1H/t4-,5-;/m1./s1. The molecule has 2 nitrogen and oxygen atoms in total. The topological polar surface area (TPSA) is 32.3 Å². The van der Waals surface area contributed by atoms with Crippen LogP contribution >= 0.6 is 12.4 Å². The summed E-state index contributed by atoms with van der Waals surface area (Å²) in [5.41, 5.74) is 0. The van der Waals surface area contributed by atoms with Crippen LogP contribution in [0.1, 0.15) is 6.92 Å². The van der Waals surface area contributed by atoms with Crippen molar-refractivity contribution >= 4 is 12.4 Å². The molecule has 1 aliphatic heterocycles. The van der Waals surface area contributed by atoms with Crippen molar-refractivity contribution < 1.29 is 5.11 Å². The minimum absolute atomic E-state index is 0. The summed E-state index contributed by atoms with van der Waals surface area (Å²) in [5.74, 6) is 0.458. The Kier molecular flexibility index (Phi) is 3.36. The Morgan fingerprint density at radius 1 is 1.50 bits per heavy atom. The predicted molar refractivity (Wildman–Crippen MR) is 35.3 cm³/mol. The van der Waals surface area contributed by atoms with Crippen LogP contribution in [-0.4, -0.2) is 24.3 Å². The molecule has 0 aromatic heterocycles. The van der Waals surface area contributed by atoms with E-state index in [0.717, 1.165) is 13.1 Å². The molecule has 50 valence electrons. The SMILES string of the molecule is C[C@@H]1CNC[C@H]1O.Cl. The summed E-state index contributed by atoms with van der Waals surface area (Å²) in [6.45, 7) is 3.80. The first-order chi connectivity index (χ1) is 3.30. The van der Waals surface area contributed by atoms with E-state index in [4.69, 9.17) is 5.11 Å². The van der Waals surface area contributed by atoms with Gasteiger partial charge in [0.15, 0.2) is 0 Å². The Hall–Kier alpha value is 0.210. The third-order valence-corrected chi connectivity index (χ3v) is 1.48. The first kappa shape index (κ1) is 8.21. The smallest absolute Gasteiger partial charge is 0.0702 e. The monoisotopic (exact) mass is 137 g/mol. The fourth-order valence-electron chi connectivity index (χ4n) is 0.796. The van der Waals surface area contributed by atoms with E-state index >= 15 is 0 Å². The quantitative estimate of drug-likeness (QED) is 0.493. The summed E-state index contributed by atoms with van der Waals surface area (Å²) in [4.78, 5) is 0. The third kappa shape index (κ3) is 1.62. The highest BCUT2D eigenvalue weighted by atomic mass is 35.5. The molecule has 0 bridgehead atoms.